The van der Waals surface area contributed by atoms with Gasteiger partial charge in [-0.25, -0.2) is 0 Å². The van der Waals surface area contributed by atoms with Gasteiger partial charge in [-0.3, -0.25) is 4.98 Å². The first-order valence-electron chi connectivity index (χ1n) is 4.32. The summed E-state index contributed by atoms with van der Waals surface area (Å²) in [4.78, 5) is 3.97. The Morgan fingerprint density at radius 3 is 2.77 bits per heavy atom. The number of pyridine rings is 1. The molecule has 2 nitrogen and oxygen atoms in total. The fourth-order valence-electron chi connectivity index (χ4n) is 0.890. The van der Waals surface area contributed by atoms with Crippen LogP contribution in [0.2, 0.25) is 0 Å². The maximum Gasteiger partial charge on any atom is 0.0633 e. The third-order valence-corrected chi connectivity index (χ3v) is 3.02. The van der Waals surface area contributed by atoms with Crippen LogP contribution in [0.25, 0.3) is 0 Å². The van der Waals surface area contributed by atoms with Crippen molar-refractivity contribution < 1.29 is 4.74 Å². The van der Waals surface area contributed by atoms with Gasteiger partial charge >= 0.3 is 0 Å². The maximum absolute atomic E-state index is 5.15. The minimum Gasteiger partial charge on any atom is -0.381 e. The topological polar surface area (TPSA) is 22.1 Å². The van der Waals surface area contributed by atoms with Gasteiger partial charge in [-0.05, 0) is 24.6 Å². The van der Waals surface area contributed by atoms with Crippen LogP contribution in [0.5, 0.6) is 0 Å². The third kappa shape index (κ3) is 4.29. The van der Waals surface area contributed by atoms with E-state index in [0.29, 0.717) is 6.10 Å². The summed E-state index contributed by atoms with van der Waals surface area (Å²) in [5.41, 5.74) is 1.32. The van der Waals surface area contributed by atoms with E-state index in [1.165, 1.54) is 5.56 Å². The summed E-state index contributed by atoms with van der Waals surface area (Å²) in [6, 6.07) is 4.09. The molecule has 0 aromatic carbocycles. The summed E-state index contributed by atoms with van der Waals surface area (Å²) in [5.74, 6) is 2.08. The van der Waals surface area contributed by atoms with Crippen molar-refractivity contribution in [3.63, 3.8) is 0 Å². The largest absolute Gasteiger partial charge is 0.381 e. The zero-order chi connectivity index (χ0) is 9.52. The van der Waals surface area contributed by atoms with Gasteiger partial charge in [-0.2, -0.15) is 11.8 Å². The van der Waals surface area contributed by atoms with Crippen molar-refractivity contribution in [2.45, 2.75) is 18.8 Å². The van der Waals surface area contributed by atoms with Gasteiger partial charge < -0.3 is 4.74 Å². The number of rotatable bonds is 5. The Labute approximate surface area is 83.7 Å². The Morgan fingerprint density at radius 1 is 1.46 bits per heavy atom. The van der Waals surface area contributed by atoms with Gasteiger partial charge in [-0.15, -0.1) is 0 Å². The molecule has 1 unspecified atom stereocenters. The summed E-state index contributed by atoms with van der Waals surface area (Å²) >= 11 is 1.89. The summed E-state index contributed by atoms with van der Waals surface area (Å²) in [7, 11) is 1.75. The fourth-order valence-corrected chi connectivity index (χ4v) is 1.90. The summed E-state index contributed by atoms with van der Waals surface area (Å²) < 4.78 is 5.15. The zero-order valence-electron chi connectivity index (χ0n) is 8.06. The van der Waals surface area contributed by atoms with E-state index in [9.17, 15) is 0 Å². The van der Waals surface area contributed by atoms with Crippen molar-refractivity contribution in [3.05, 3.63) is 30.1 Å². The SMILES string of the molecule is COC(C)CSCc1ccncc1. The maximum atomic E-state index is 5.15. The van der Waals surface area contributed by atoms with Crippen LogP contribution in [0.4, 0.5) is 0 Å². The van der Waals surface area contributed by atoms with Crippen LogP contribution < -0.4 is 0 Å². The molecular weight excluding hydrogens is 182 g/mol. The van der Waals surface area contributed by atoms with Crippen molar-refractivity contribution >= 4 is 11.8 Å². The lowest BCUT2D eigenvalue weighted by Crippen LogP contribution is -2.07. The van der Waals surface area contributed by atoms with Crippen molar-refractivity contribution in [1.82, 2.24) is 4.98 Å². The predicted molar refractivity (Wildman–Crippen MR) is 56.9 cm³/mol. The van der Waals surface area contributed by atoms with Gasteiger partial charge in [0.15, 0.2) is 0 Å². The second-order valence-corrected chi connectivity index (χ2v) is 3.95. The van der Waals surface area contributed by atoms with E-state index in [1.807, 2.05) is 36.3 Å². The molecule has 3 heteroatoms. The molecule has 0 spiro atoms. The van der Waals surface area contributed by atoms with E-state index in [1.54, 1.807) is 7.11 Å². The number of nitrogens with zero attached hydrogens (tertiary/aromatic N) is 1. The molecule has 0 aliphatic heterocycles. The lowest BCUT2D eigenvalue weighted by molar-refractivity contribution is 0.138. The quantitative estimate of drug-likeness (QED) is 0.723. The van der Waals surface area contributed by atoms with E-state index in [2.05, 4.69) is 11.9 Å². The van der Waals surface area contributed by atoms with E-state index >= 15 is 0 Å². The van der Waals surface area contributed by atoms with Gasteiger partial charge in [0, 0.05) is 31.0 Å². The molecule has 1 aromatic heterocycles. The minimum atomic E-state index is 0.340. The van der Waals surface area contributed by atoms with Crippen LogP contribution >= 0.6 is 11.8 Å². The second-order valence-electron chi connectivity index (χ2n) is 2.92. The third-order valence-electron chi connectivity index (χ3n) is 1.77. The summed E-state index contributed by atoms with van der Waals surface area (Å²) in [6.45, 7) is 2.08. The number of hydrogen-bond donors (Lipinski definition) is 0. The standard InChI is InChI=1S/C10H15NOS/c1-9(12-2)7-13-8-10-3-5-11-6-4-10/h3-6,9H,7-8H2,1-2H3. The normalized spacial score (nSPS) is 12.8. The molecule has 1 atom stereocenters. The molecule has 0 aliphatic carbocycles. The van der Waals surface area contributed by atoms with Gasteiger partial charge in [0.25, 0.3) is 0 Å². The Bertz CT molecular complexity index is 228. The van der Waals surface area contributed by atoms with Crippen LogP contribution in [0.1, 0.15) is 12.5 Å². The number of methoxy groups -OCH3 is 1. The van der Waals surface area contributed by atoms with Gasteiger partial charge in [0.05, 0.1) is 6.10 Å². The van der Waals surface area contributed by atoms with Crippen molar-refractivity contribution in [2.24, 2.45) is 0 Å². The van der Waals surface area contributed by atoms with Gasteiger partial charge in [0.2, 0.25) is 0 Å². The van der Waals surface area contributed by atoms with E-state index in [0.717, 1.165) is 11.5 Å². The predicted octanol–water partition coefficient (Wildman–Crippen LogP) is 2.35. The van der Waals surface area contributed by atoms with Crippen molar-refractivity contribution in [3.8, 4) is 0 Å². The molecule has 0 N–H and O–H groups in total. The van der Waals surface area contributed by atoms with Crippen LogP contribution in [0.15, 0.2) is 24.5 Å². The Kier molecular flexibility index (Phi) is 4.86. The molecule has 1 aromatic rings. The Balaban J connectivity index is 2.20. The molecule has 1 rings (SSSR count). The average Bonchev–Trinajstić information content (AvgIpc) is 2.19. The van der Waals surface area contributed by atoms with Crippen LogP contribution in [-0.4, -0.2) is 24.0 Å². The zero-order valence-corrected chi connectivity index (χ0v) is 8.88. The molecule has 0 amide bonds. The smallest absolute Gasteiger partial charge is 0.0633 e. The Hall–Kier alpha value is -0.540. The van der Waals surface area contributed by atoms with Gasteiger partial charge in [0.1, 0.15) is 0 Å². The minimum absolute atomic E-state index is 0.340. The second kappa shape index (κ2) is 6.00. The molecule has 0 bridgehead atoms. The number of aromatic nitrogens is 1. The Morgan fingerprint density at radius 2 is 2.15 bits per heavy atom. The number of ether oxygens (including phenoxy) is 1. The summed E-state index contributed by atoms with van der Waals surface area (Å²) in [6.07, 6.45) is 4.00. The van der Waals surface area contributed by atoms with E-state index < -0.39 is 0 Å². The summed E-state index contributed by atoms with van der Waals surface area (Å²) in [5, 5.41) is 0. The first kappa shape index (κ1) is 10.5. The lowest BCUT2D eigenvalue weighted by atomic mass is 10.3. The molecular formula is C10H15NOS. The highest BCUT2D eigenvalue weighted by Crippen LogP contribution is 2.12. The monoisotopic (exact) mass is 197 g/mol. The fraction of sp³-hybridized carbons (Fsp3) is 0.500. The molecule has 72 valence electrons. The highest BCUT2D eigenvalue weighted by Gasteiger charge is 1.99. The van der Waals surface area contributed by atoms with E-state index in [4.69, 9.17) is 4.74 Å². The average molecular weight is 197 g/mol. The van der Waals surface area contributed by atoms with Gasteiger partial charge in [-0.1, -0.05) is 0 Å². The molecule has 0 saturated heterocycles. The van der Waals surface area contributed by atoms with E-state index in [-0.39, 0.29) is 0 Å². The number of thioether (sulfide) groups is 1. The van der Waals surface area contributed by atoms with Crippen molar-refractivity contribution in [1.29, 1.82) is 0 Å². The van der Waals surface area contributed by atoms with Crippen LogP contribution in [-0.2, 0) is 10.5 Å². The highest BCUT2D eigenvalue weighted by molar-refractivity contribution is 7.98. The first-order valence-corrected chi connectivity index (χ1v) is 5.48. The molecule has 0 aliphatic rings. The molecule has 0 saturated carbocycles. The van der Waals surface area contributed by atoms with Crippen LogP contribution in [0, 0.1) is 0 Å². The molecule has 0 radical (unpaired) electrons. The van der Waals surface area contributed by atoms with Crippen molar-refractivity contribution in [2.75, 3.05) is 12.9 Å². The molecule has 13 heavy (non-hydrogen) atoms. The molecule has 1 heterocycles. The number of hydrogen-bond acceptors (Lipinski definition) is 3. The first-order chi connectivity index (χ1) is 6.33. The lowest BCUT2D eigenvalue weighted by Gasteiger charge is -2.08. The highest BCUT2D eigenvalue weighted by atomic mass is 32.2. The van der Waals surface area contributed by atoms with Crippen LogP contribution in [0.3, 0.4) is 0 Å². The molecule has 0 fully saturated rings.